The molecule has 0 aliphatic heterocycles. The normalized spacial score (nSPS) is 13.5. The number of rotatable bonds is 1. The third-order valence-electron chi connectivity index (χ3n) is 3.27. The predicted octanol–water partition coefficient (Wildman–Crippen LogP) is 4.56. The lowest BCUT2D eigenvalue weighted by Crippen LogP contribution is -1.84. The quantitative estimate of drug-likeness (QED) is 0.658. The van der Waals surface area contributed by atoms with Crippen molar-refractivity contribution in [1.29, 1.82) is 0 Å². The van der Waals surface area contributed by atoms with Crippen molar-refractivity contribution in [3.05, 3.63) is 77.4 Å². The second-order valence-electron chi connectivity index (χ2n) is 4.49. The smallest absolute Gasteiger partial charge is 0.0105 e. The zero-order valence-corrected chi connectivity index (χ0v) is 9.90. The van der Waals surface area contributed by atoms with Gasteiger partial charge < -0.3 is 0 Å². The molecule has 0 radical (unpaired) electrons. The minimum Gasteiger partial charge on any atom is -0.0905 e. The Morgan fingerprint density at radius 1 is 0.882 bits per heavy atom. The molecular weight excluding hydrogens is 204 g/mol. The molecule has 0 amide bonds. The Bertz CT molecular complexity index is 613. The van der Waals surface area contributed by atoms with Crippen LogP contribution in [0.4, 0.5) is 0 Å². The third-order valence-corrected chi connectivity index (χ3v) is 3.27. The van der Waals surface area contributed by atoms with E-state index in [0.717, 1.165) is 5.57 Å². The Balaban J connectivity index is 2.08. The van der Waals surface area contributed by atoms with Crippen LogP contribution in [0.1, 0.15) is 22.3 Å². The van der Waals surface area contributed by atoms with Crippen molar-refractivity contribution in [2.75, 3.05) is 0 Å². The van der Waals surface area contributed by atoms with Crippen molar-refractivity contribution in [1.82, 2.24) is 0 Å². The number of benzene rings is 2. The standard InChI is InChI=1S/C17H14/c1-12-7-9-14(10-8-12)17-11-15-5-3-4-6-16(15)13(17)2/h3-11H,2H2,1H3. The number of hydrogen-bond donors (Lipinski definition) is 0. The first-order valence-electron chi connectivity index (χ1n) is 5.83. The molecule has 0 spiro atoms. The first-order valence-corrected chi connectivity index (χ1v) is 5.83. The summed E-state index contributed by atoms with van der Waals surface area (Å²) >= 11 is 0. The van der Waals surface area contributed by atoms with Crippen molar-refractivity contribution >= 4 is 17.2 Å². The van der Waals surface area contributed by atoms with Crippen LogP contribution in [0, 0.1) is 6.92 Å². The monoisotopic (exact) mass is 218 g/mol. The second-order valence-corrected chi connectivity index (χ2v) is 4.49. The van der Waals surface area contributed by atoms with Crippen LogP contribution < -0.4 is 0 Å². The third kappa shape index (κ3) is 1.62. The highest BCUT2D eigenvalue weighted by molar-refractivity contribution is 6.16. The van der Waals surface area contributed by atoms with E-state index in [1.807, 2.05) is 0 Å². The Labute approximate surface area is 102 Å². The molecule has 3 rings (SSSR count). The van der Waals surface area contributed by atoms with Crippen LogP contribution in [-0.2, 0) is 0 Å². The van der Waals surface area contributed by atoms with Crippen LogP contribution in [0.3, 0.4) is 0 Å². The van der Waals surface area contributed by atoms with Crippen molar-refractivity contribution in [3.63, 3.8) is 0 Å². The second kappa shape index (κ2) is 3.74. The van der Waals surface area contributed by atoms with E-state index < -0.39 is 0 Å². The first-order chi connectivity index (χ1) is 8.25. The van der Waals surface area contributed by atoms with Gasteiger partial charge in [-0.1, -0.05) is 60.7 Å². The fraction of sp³-hybridized carbons (Fsp3) is 0.0588. The van der Waals surface area contributed by atoms with E-state index in [2.05, 4.69) is 68.1 Å². The molecule has 0 unspecified atom stereocenters. The molecule has 1 aliphatic rings. The number of hydrogen-bond acceptors (Lipinski definition) is 0. The van der Waals surface area contributed by atoms with Gasteiger partial charge in [-0.2, -0.15) is 0 Å². The largest absolute Gasteiger partial charge is 0.0905 e. The van der Waals surface area contributed by atoms with E-state index in [1.54, 1.807) is 0 Å². The van der Waals surface area contributed by atoms with E-state index in [1.165, 1.54) is 27.8 Å². The van der Waals surface area contributed by atoms with Gasteiger partial charge in [-0.25, -0.2) is 0 Å². The van der Waals surface area contributed by atoms with Crippen molar-refractivity contribution in [3.8, 4) is 0 Å². The van der Waals surface area contributed by atoms with Crippen LogP contribution in [-0.4, -0.2) is 0 Å². The predicted molar refractivity (Wildman–Crippen MR) is 74.5 cm³/mol. The maximum absolute atomic E-state index is 4.21. The van der Waals surface area contributed by atoms with Gasteiger partial charge in [0, 0.05) is 0 Å². The molecule has 2 aromatic rings. The number of aryl methyl sites for hydroxylation is 1. The van der Waals surface area contributed by atoms with Crippen LogP contribution in [0.15, 0.2) is 55.1 Å². The van der Waals surface area contributed by atoms with E-state index >= 15 is 0 Å². The van der Waals surface area contributed by atoms with Crippen LogP contribution in [0.5, 0.6) is 0 Å². The lowest BCUT2D eigenvalue weighted by atomic mass is 9.98. The average molecular weight is 218 g/mol. The summed E-state index contributed by atoms with van der Waals surface area (Å²) in [6.07, 6.45) is 2.22. The van der Waals surface area contributed by atoms with Gasteiger partial charge in [0.15, 0.2) is 0 Å². The Morgan fingerprint density at radius 3 is 2.29 bits per heavy atom. The molecule has 0 atom stereocenters. The topological polar surface area (TPSA) is 0 Å². The van der Waals surface area contributed by atoms with Crippen LogP contribution in [0.2, 0.25) is 0 Å². The summed E-state index contributed by atoms with van der Waals surface area (Å²) < 4.78 is 0. The molecule has 0 heterocycles. The van der Waals surface area contributed by atoms with Gasteiger partial charge in [0.25, 0.3) is 0 Å². The minimum absolute atomic E-state index is 1.13. The first kappa shape index (κ1) is 10.1. The van der Waals surface area contributed by atoms with Crippen molar-refractivity contribution < 1.29 is 0 Å². The molecule has 0 fully saturated rings. The van der Waals surface area contributed by atoms with Crippen molar-refractivity contribution in [2.24, 2.45) is 0 Å². The average Bonchev–Trinajstić information content (AvgIpc) is 2.69. The van der Waals surface area contributed by atoms with E-state index in [4.69, 9.17) is 0 Å². The summed E-state index contributed by atoms with van der Waals surface area (Å²) in [6, 6.07) is 17.0. The van der Waals surface area contributed by atoms with Gasteiger partial charge in [-0.3, -0.25) is 0 Å². The summed E-state index contributed by atoms with van der Waals surface area (Å²) in [5, 5.41) is 0. The highest BCUT2D eigenvalue weighted by Gasteiger charge is 2.17. The maximum Gasteiger partial charge on any atom is -0.0105 e. The van der Waals surface area contributed by atoms with E-state index in [-0.39, 0.29) is 0 Å². The molecule has 1 aliphatic carbocycles. The summed E-state index contributed by atoms with van der Waals surface area (Å²) in [5.74, 6) is 0. The van der Waals surface area contributed by atoms with Gasteiger partial charge in [0.1, 0.15) is 0 Å². The Morgan fingerprint density at radius 2 is 1.59 bits per heavy atom. The zero-order valence-electron chi connectivity index (χ0n) is 9.90. The lowest BCUT2D eigenvalue weighted by Gasteiger charge is -2.06. The van der Waals surface area contributed by atoms with E-state index in [9.17, 15) is 0 Å². The maximum atomic E-state index is 4.21. The number of fused-ring (bicyclic) bond motifs is 1. The molecule has 0 aromatic heterocycles. The summed E-state index contributed by atoms with van der Waals surface area (Å²) in [7, 11) is 0. The Kier molecular flexibility index (Phi) is 2.22. The fourth-order valence-electron chi connectivity index (χ4n) is 2.28. The van der Waals surface area contributed by atoms with Crippen LogP contribution in [0.25, 0.3) is 17.2 Å². The SMILES string of the molecule is C=C1C(c2ccc(C)cc2)=Cc2ccccc21. The molecular formula is C17H14. The van der Waals surface area contributed by atoms with Gasteiger partial charge in [0.05, 0.1) is 0 Å². The molecule has 0 nitrogen and oxygen atoms in total. The fourth-order valence-corrected chi connectivity index (χ4v) is 2.28. The molecule has 0 N–H and O–H groups in total. The number of allylic oxidation sites excluding steroid dienone is 2. The Hall–Kier alpha value is -2.08. The summed E-state index contributed by atoms with van der Waals surface area (Å²) in [4.78, 5) is 0. The lowest BCUT2D eigenvalue weighted by molar-refractivity contribution is 1.46. The zero-order chi connectivity index (χ0) is 11.8. The molecule has 0 saturated heterocycles. The van der Waals surface area contributed by atoms with Gasteiger partial charge in [-0.05, 0) is 40.8 Å². The highest BCUT2D eigenvalue weighted by atomic mass is 14.2. The molecule has 0 saturated carbocycles. The van der Waals surface area contributed by atoms with Gasteiger partial charge in [0.2, 0.25) is 0 Å². The van der Waals surface area contributed by atoms with Crippen molar-refractivity contribution in [2.45, 2.75) is 6.92 Å². The summed E-state index contributed by atoms with van der Waals surface area (Å²) in [6.45, 7) is 6.31. The molecule has 0 bridgehead atoms. The molecule has 0 heteroatoms. The molecule has 82 valence electrons. The summed E-state index contributed by atoms with van der Waals surface area (Å²) in [5.41, 5.74) is 7.43. The van der Waals surface area contributed by atoms with Crippen LogP contribution >= 0.6 is 0 Å². The minimum atomic E-state index is 1.13. The van der Waals surface area contributed by atoms with E-state index in [0.29, 0.717) is 0 Å². The van der Waals surface area contributed by atoms with Gasteiger partial charge >= 0.3 is 0 Å². The van der Waals surface area contributed by atoms with Gasteiger partial charge in [-0.15, -0.1) is 0 Å². The highest BCUT2D eigenvalue weighted by Crippen LogP contribution is 2.39. The molecule has 17 heavy (non-hydrogen) atoms. The molecule has 2 aromatic carbocycles.